The Hall–Kier alpha value is -1.76. The molecule has 0 radical (unpaired) electrons. The van der Waals surface area contributed by atoms with Crippen LogP contribution in [-0.2, 0) is 4.74 Å². The number of methoxy groups -OCH3 is 1. The van der Waals surface area contributed by atoms with Crippen molar-refractivity contribution in [3.05, 3.63) is 23.8 Å². The van der Waals surface area contributed by atoms with Crippen molar-refractivity contribution in [2.45, 2.75) is 13.1 Å². The second-order valence-corrected chi connectivity index (χ2v) is 3.65. The van der Waals surface area contributed by atoms with E-state index in [-0.39, 0.29) is 17.3 Å². The van der Waals surface area contributed by atoms with Crippen molar-refractivity contribution < 1.29 is 32.2 Å². The third-order valence-corrected chi connectivity index (χ3v) is 2.13. The molecule has 1 aromatic rings. The maximum Gasteiger partial charge on any atom is 0.411 e. The lowest BCUT2D eigenvalue weighted by Gasteiger charge is -2.12. The summed E-state index contributed by atoms with van der Waals surface area (Å²) >= 11 is 0. The third-order valence-electron chi connectivity index (χ3n) is 2.13. The van der Waals surface area contributed by atoms with Crippen LogP contribution in [0.15, 0.2) is 18.2 Å². The van der Waals surface area contributed by atoms with E-state index < -0.39 is 19.6 Å². The van der Waals surface area contributed by atoms with Gasteiger partial charge in [-0.3, -0.25) is 4.79 Å². The number of rotatable bonds is 6. The van der Waals surface area contributed by atoms with Crippen molar-refractivity contribution in [2.75, 3.05) is 20.5 Å². The molecule has 0 amide bonds. The zero-order chi connectivity index (χ0) is 14.5. The highest BCUT2D eigenvalue weighted by Gasteiger charge is 2.27. The molecule has 19 heavy (non-hydrogen) atoms. The third kappa shape index (κ3) is 5.17. The van der Waals surface area contributed by atoms with E-state index in [0.717, 1.165) is 0 Å². The van der Waals surface area contributed by atoms with Gasteiger partial charge in [0.2, 0.25) is 0 Å². The van der Waals surface area contributed by atoms with Crippen LogP contribution >= 0.6 is 0 Å². The van der Waals surface area contributed by atoms with Gasteiger partial charge in [0.25, 0.3) is 0 Å². The maximum atomic E-state index is 11.8. The zero-order valence-corrected chi connectivity index (χ0v) is 10.4. The van der Waals surface area contributed by atoms with Crippen molar-refractivity contribution in [2.24, 2.45) is 0 Å². The first-order valence-electron chi connectivity index (χ1n) is 5.30. The number of Topliss-reactive ketones (excluding diaryl/α,β-unsaturated/α-hetero) is 1. The number of ether oxygens (including phenoxy) is 3. The Morgan fingerprint density at radius 2 is 1.95 bits per heavy atom. The summed E-state index contributed by atoms with van der Waals surface area (Å²) in [4.78, 5) is 11.1. The molecule has 0 N–H and O–H groups in total. The summed E-state index contributed by atoms with van der Waals surface area (Å²) in [6.07, 6.45) is -4.40. The highest BCUT2D eigenvalue weighted by Crippen LogP contribution is 2.28. The van der Waals surface area contributed by atoms with E-state index in [9.17, 15) is 18.0 Å². The van der Waals surface area contributed by atoms with Gasteiger partial charge in [-0.25, -0.2) is 0 Å². The molecule has 7 heteroatoms. The first-order valence-corrected chi connectivity index (χ1v) is 5.30. The summed E-state index contributed by atoms with van der Waals surface area (Å²) in [6.45, 7) is -0.558. The van der Waals surface area contributed by atoms with E-state index in [1.807, 2.05) is 0 Å². The monoisotopic (exact) mass is 278 g/mol. The van der Waals surface area contributed by atoms with Crippen molar-refractivity contribution in [1.29, 1.82) is 0 Å². The van der Waals surface area contributed by atoms with Crippen LogP contribution in [0.5, 0.6) is 11.5 Å². The Morgan fingerprint density at radius 3 is 2.47 bits per heavy atom. The number of halogens is 3. The van der Waals surface area contributed by atoms with Crippen LogP contribution in [-0.4, -0.2) is 32.5 Å². The molecule has 0 spiro atoms. The van der Waals surface area contributed by atoms with Gasteiger partial charge in [-0.2, -0.15) is 13.2 Å². The van der Waals surface area contributed by atoms with Crippen molar-refractivity contribution in [1.82, 2.24) is 0 Å². The molecule has 1 aromatic carbocycles. The predicted molar refractivity (Wildman–Crippen MR) is 60.5 cm³/mol. The summed E-state index contributed by atoms with van der Waals surface area (Å²) in [5.74, 6) is 0.302. The van der Waals surface area contributed by atoms with Gasteiger partial charge < -0.3 is 14.2 Å². The number of carbonyl (C=O) groups excluding carboxylic acids is 1. The molecule has 0 fully saturated rings. The van der Waals surface area contributed by atoms with E-state index >= 15 is 0 Å². The average Bonchev–Trinajstić information content (AvgIpc) is 2.33. The predicted octanol–water partition coefficient (Wildman–Crippen LogP) is 2.81. The standard InChI is InChI=1S/C12H13F3O4/c1-8(16)9-3-4-10(11(5-9)17-2)19-7-18-6-12(13,14)15/h3-5H,6-7H2,1-2H3. The Morgan fingerprint density at radius 1 is 1.26 bits per heavy atom. The van der Waals surface area contributed by atoms with E-state index in [4.69, 9.17) is 9.47 Å². The summed E-state index contributed by atoms with van der Waals surface area (Å²) in [6, 6.07) is 4.37. The largest absolute Gasteiger partial charge is 0.493 e. The van der Waals surface area contributed by atoms with Gasteiger partial charge in [-0.15, -0.1) is 0 Å². The van der Waals surface area contributed by atoms with Crippen LogP contribution in [0, 0.1) is 0 Å². The highest BCUT2D eigenvalue weighted by molar-refractivity contribution is 5.94. The summed E-state index contributed by atoms with van der Waals surface area (Å²) in [5, 5.41) is 0. The maximum absolute atomic E-state index is 11.8. The number of carbonyl (C=O) groups is 1. The van der Waals surface area contributed by atoms with Crippen LogP contribution < -0.4 is 9.47 Å². The number of ketones is 1. The highest BCUT2D eigenvalue weighted by atomic mass is 19.4. The van der Waals surface area contributed by atoms with Gasteiger partial charge in [0.05, 0.1) is 7.11 Å². The molecule has 1 rings (SSSR count). The minimum absolute atomic E-state index is 0.154. The zero-order valence-electron chi connectivity index (χ0n) is 10.4. The fourth-order valence-electron chi connectivity index (χ4n) is 1.27. The molecule has 0 heterocycles. The van der Waals surface area contributed by atoms with Gasteiger partial charge in [0.1, 0.15) is 6.61 Å². The summed E-state index contributed by atoms with van der Waals surface area (Å²) < 4.78 is 49.8. The van der Waals surface area contributed by atoms with Crippen LogP contribution in [0.3, 0.4) is 0 Å². The fourth-order valence-corrected chi connectivity index (χ4v) is 1.27. The van der Waals surface area contributed by atoms with Gasteiger partial charge in [0, 0.05) is 5.56 Å². The van der Waals surface area contributed by atoms with Crippen molar-refractivity contribution in [3.8, 4) is 11.5 Å². The number of hydrogen-bond donors (Lipinski definition) is 0. The number of benzene rings is 1. The molecule has 0 aliphatic carbocycles. The molecule has 0 aliphatic heterocycles. The van der Waals surface area contributed by atoms with E-state index in [1.165, 1.54) is 32.2 Å². The van der Waals surface area contributed by atoms with Crippen LogP contribution in [0.1, 0.15) is 17.3 Å². The van der Waals surface area contributed by atoms with Gasteiger partial charge in [-0.1, -0.05) is 0 Å². The first kappa shape index (κ1) is 15.3. The van der Waals surface area contributed by atoms with Crippen LogP contribution in [0.4, 0.5) is 13.2 Å². The SMILES string of the molecule is COc1cc(C(C)=O)ccc1OCOCC(F)(F)F. The first-order chi connectivity index (χ1) is 8.83. The molecule has 0 saturated carbocycles. The van der Waals surface area contributed by atoms with Crippen molar-refractivity contribution in [3.63, 3.8) is 0 Å². The minimum atomic E-state index is -4.40. The molecular weight excluding hydrogens is 265 g/mol. The summed E-state index contributed by atoms with van der Waals surface area (Å²) in [7, 11) is 1.36. The number of hydrogen-bond acceptors (Lipinski definition) is 4. The molecule has 0 atom stereocenters. The molecule has 0 aromatic heterocycles. The molecule has 4 nitrogen and oxygen atoms in total. The average molecular weight is 278 g/mol. The molecule has 0 aliphatic rings. The Balaban J connectivity index is 2.61. The lowest BCUT2D eigenvalue weighted by molar-refractivity contribution is -0.186. The second-order valence-electron chi connectivity index (χ2n) is 3.65. The Kier molecular flexibility index (Phi) is 5.17. The smallest absolute Gasteiger partial charge is 0.411 e. The quantitative estimate of drug-likeness (QED) is 0.456. The lowest BCUT2D eigenvalue weighted by atomic mass is 10.1. The van der Waals surface area contributed by atoms with Gasteiger partial charge in [-0.05, 0) is 25.1 Å². The second kappa shape index (κ2) is 6.42. The molecule has 0 bridgehead atoms. The van der Waals surface area contributed by atoms with E-state index in [2.05, 4.69) is 4.74 Å². The lowest BCUT2D eigenvalue weighted by Crippen LogP contribution is -2.19. The normalized spacial score (nSPS) is 11.2. The Bertz CT molecular complexity index is 443. The van der Waals surface area contributed by atoms with Crippen LogP contribution in [0.2, 0.25) is 0 Å². The van der Waals surface area contributed by atoms with Gasteiger partial charge in [0.15, 0.2) is 24.1 Å². The molecule has 106 valence electrons. The minimum Gasteiger partial charge on any atom is -0.493 e. The molecule has 0 saturated heterocycles. The van der Waals surface area contributed by atoms with E-state index in [1.54, 1.807) is 0 Å². The topological polar surface area (TPSA) is 44.8 Å². The van der Waals surface area contributed by atoms with Crippen LogP contribution in [0.25, 0.3) is 0 Å². The molecular formula is C12H13F3O4. The summed E-state index contributed by atoms with van der Waals surface area (Å²) in [5.41, 5.74) is 0.417. The molecule has 0 unspecified atom stereocenters. The fraction of sp³-hybridized carbons (Fsp3) is 0.417. The van der Waals surface area contributed by atoms with Gasteiger partial charge >= 0.3 is 6.18 Å². The number of alkyl halides is 3. The van der Waals surface area contributed by atoms with E-state index in [0.29, 0.717) is 5.56 Å². The van der Waals surface area contributed by atoms with Crippen molar-refractivity contribution >= 4 is 5.78 Å². The Labute approximate surface area is 108 Å².